The molecule has 0 fully saturated rings. The lowest BCUT2D eigenvalue weighted by Crippen LogP contribution is -2.01. The summed E-state index contributed by atoms with van der Waals surface area (Å²) in [5.41, 5.74) is 11.7. The summed E-state index contributed by atoms with van der Waals surface area (Å²) in [6.07, 6.45) is 3.79. The van der Waals surface area contributed by atoms with Crippen LogP contribution in [0.3, 0.4) is 0 Å². The fourth-order valence-electron chi connectivity index (χ4n) is 6.93. The second kappa shape index (κ2) is 9.82. The van der Waals surface area contributed by atoms with Crippen LogP contribution in [0.5, 0.6) is 0 Å². The van der Waals surface area contributed by atoms with Crippen molar-refractivity contribution in [2.24, 2.45) is 0 Å². The summed E-state index contributed by atoms with van der Waals surface area (Å²) in [6, 6.07) is 54.5. The van der Waals surface area contributed by atoms with E-state index in [1.165, 1.54) is 54.7 Å². The molecule has 0 aliphatic heterocycles. The number of rotatable bonds is 4. The van der Waals surface area contributed by atoms with Crippen molar-refractivity contribution < 1.29 is 0 Å². The van der Waals surface area contributed by atoms with E-state index in [1.807, 2.05) is 18.5 Å². The normalized spacial score (nSPS) is 11.6. The number of fused-ring (bicyclic) bond motifs is 6. The van der Waals surface area contributed by atoms with Gasteiger partial charge in [0.15, 0.2) is 0 Å². The van der Waals surface area contributed by atoms with Crippen LogP contribution in [0.1, 0.15) is 0 Å². The first kappa shape index (κ1) is 24.6. The van der Waals surface area contributed by atoms with Gasteiger partial charge in [-0.2, -0.15) is 0 Å². The third-order valence-electron chi connectivity index (χ3n) is 8.81. The van der Waals surface area contributed by atoms with E-state index in [-0.39, 0.29) is 0 Å². The first-order valence-corrected chi connectivity index (χ1v) is 15.0. The van der Waals surface area contributed by atoms with Crippen LogP contribution >= 0.6 is 0 Å². The van der Waals surface area contributed by atoms with Crippen LogP contribution in [0.15, 0.2) is 164 Å². The van der Waals surface area contributed by atoms with Crippen LogP contribution in [0.2, 0.25) is 0 Å². The summed E-state index contributed by atoms with van der Waals surface area (Å²) >= 11 is 0. The minimum atomic E-state index is 1.09. The van der Waals surface area contributed by atoms with Crippen molar-refractivity contribution >= 4 is 43.6 Å². The number of para-hydroxylation sites is 4. The second-order valence-corrected chi connectivity index (χ2v) is 11.2. The molecule has 44 heavy (non-hydrogen) atoms. The lowest BCUT2D eigenvalue weighted by atomic mass is 9.96. The van der Waals surface area contributed by atoms with E-state index in [9.17, 15) is 0 Å². The summed E-state index contributed by atoms with van der Waals surface area (Å²) < 4.78 is 4.85. The summed E-state index contributed by atoms with van der Waals surface area (Å²) in [5.74, 6) is 0. The Bertz CT molecular complexity index is 2370. The Morgan fingerprint density at radius 3 is 1.59 bits per heavy atom. The van der Waals surface area contributed by atoms with Crippen LogP contribution in [-0.2, 0) is 0 Å². The average molecular weight is 562 g/mol. The van der Waals surface area contributed by atoms with Crippen molar-refractivity contribution in [1.29, 1.82) is 0 Å². The maximum absolute atomic E-state index is 4.49. The molecule has 0 N–H and O–H groups in total. The van der Waals surface area contributed by atoms with Crippen LogP contribution in [-0.4, -0.2) is 14.1 Å². The molecule has 9 rings (SSSR count). The molecule has 0 radical (unpaired) electrons. The van der Waals surface area contributed by atoms with Gasteiger partial charge < -0.3 is 9.13 Å². The van der Waals surface area contributed by atoms with E-state index < -0.39 is 0 Å². The minimum absolute atomic E-state index is 1.09. The molecule has 3 aromatic heterocycles. The lowest BCUT2D eigenvalue weighted by molar-refractivity contribution is 1.17. The van der Waals surface area contributed by atoms with Crippen molar-refractivity contribution in [3.05, 3.63) is 164 Å². The number of pyridine rings is 1. The van der Waals surface area contributed by atoms with Crippen molar-refractivity contribution in [1.82, 2.24) is 14.1 Å². The monoisotopic (exact) mass is 561 g/mol. The van der Waals surface area contributed by atoms with Gasteiger partial charge in [0, 0.05) is 56.3 Å². The van der Waals surface area contributed by atoms with E-state index in [0.29, 0.717) is 0 Å². The summed E-state index contributed by atoms with van der Waals surface area (Å²) in [5, 5.41) is 4.98. The molecule has 6 aromatic carbocycles. The van der Waals surface area contributed by atoms with Crippen LogP contribution in [0.25, 0.3) is 77.2 Å². The Balaban J connectivity index is 1.39. The molecule has 0 saturated carbocycles. The topological polar surface area (TPSA) is 22.8 Å². The number of nitrogens with zero attached hydrogens (tertiary/aromatic N) is 3. The van der Waals surface area contributed by atoms with Gasteiger partial charge in [0.05, 0.1) is 27.8 Å². The SMILES string of the molecule is c1ccc(-c2cccc(-c3cccnc3)c2-n2c3ccccc3c3cc(-n4c5ccccc5c5ccccc54)ccc32)cc1. The number of hydrogen-bond acceptors (Lipinski definition) is 1. The maximum Gasteiger partial charge on any atom is 0.0619 e. The van der Waals surface area contributed by atoms with Crippen molar-refractivity contribution in [2.45, 2.75) is 0 Å². The summed E-state index contributed by atoms with van der Waals surface area (Å²) in [4.78, 5) is 4.49. The second-order valence-electron chi connectivity index (χ2n) is 11.2. The molecule has 0 amide bonds. The molecular weight excluding hydrogens is 534 g/mol. The Hall–Kier alpha value is -5.93. The highest BCUT2D eigenvalue weighted by molar-refractivity contribution is 6.13. The maximum atomic E-state index is 4.49. The molecule has 3 heteroatoms. The predicted molar refractivity (Wildman–Crippen MR) is 184 cm³/mol. The van der Waals surface area contributed by atoms with Gasteiger partial charge in [-0.15, -0.1) is 0 Å². The molecule has 3 heterocycles. The van der Waals surface area contributed by atoms with E-state index in [0.717, 1.165) is 22.5 Å². The van der Waals surface area contributed by atoms with Gasteiger partial charge in [-0.3, -0.25) is 4.98 Å². The fourth-order valence-corrected chi connectivity index (χ4v) is 6.93. The highest BCUT2D eigenvalue weighted by Gasteiger charge is 2.21. The van der Waals surface area contributed by atoms with Gasteiger partial charge in [0.25, 0.3) is 0 Å². The third-order valence-corrected chi connectivity index (χ3v) is 8.81. The summed E-state index contributed by atoms with van der Waals surface area (Å²) in [6.45, 7) is 0. The summed E-state index contributed by atoms with van der Waals surface area (Å²) in [7, 11) is 0. The number of hydrogen-bond donors (Lipinski definition) is 0. The van der Waals surface area contributed by atoms with E-state index in [4.69, 9.17) is 0 Å². The van der Waals surface area contributed by atoms with Crippen LogP contribution in [0, 0.1) is 0 Å². The van der Waals surface area contributed by atoms with E-state index >= 15 is 0 Å². The lowest BCUT2D eigenvalue weighted by Gasteiger charge is -2.19. The van der Waals surface area contributed by atoms with Crippen LogP contribution in [0.4, 0.5) is 0 Å². The van der Waals surface area contributed by atoms with Crippen molar-refractivity contribution in [2.75, 3.05) is 0 Å². The zero-order valence-electron chi connectivity index (χ0n) is 23.9. The number of benzene rings is 6. The Kier molecular flexibility index (Phi) is 5.50. The Morgan fingerprint density at radius 2 is 0.932 bits per heavy atom. The van der Waals surface area contributed by atoms with E-state index in [1.54, 1.807) is 0 Å². The van der Waals surface area contributed by atoms with Gasteiger partial charge >= 0.3 is 0 Å². The van der Waals surface area contributed by atoms with Crippen molar-refractivity contribution in [3.63, 3.8) is 0 Å². The first-order valence-electron chi connectivity index (χ1n) is 15.0. The van der Waals surface area contributed by atoms with Gasteiger partial charge in [-0.1, -0.05) is 109 Å². The largest absolute Gasteiger partial charge is 0.309 e. The molecule has 0 atom stereocenters. The molecule has 3 nitrogen and oxygen atoms in total. The zero-order valence-corrected chi connectivity index (χ0v) is 23.9. The fraction of sp³-hybridized carbons (Fsp3) is 0. The molecule has 9 aromatic rings. The molecule has 0 aliphatic rings. The van der Waals surface area contributed by atoms with Crippen LogP contribution < -0.4 is 0 Å². The smallest absolute Gasteiger partial charge is 0.0619 e. The standard InChI is InChI=1S/C41H27N3/c1-2-12-28(13-3-1)31-18-10-19-32(29-14-11-25-42-27-29)41(31)44-39-22-9-6-17-35(39)36-26-30(23-24-40(36)44)43-37-20-7-4-15-33(37)34-16-5-8-21-38(34)43/h1-27H. The Morgan fingerprint density at radius 1 is 0.386 bits per heavy atom. The Labute approximate surface area is 254 Å². The van der Waals surface area contributed by atoms with Gasteiger partial charge in [0.2, 0.25) is 0 Å². The molecule has 0 saturated heterocycles. The van der Waals surface area contributed by atoms with E-state index in [2.05, 4.69) is 160 Å². The van der Waals surface area contributed by atoms with Gasteiger partial charge in [0.1, 0.15) is 0 Å². The minimum Gasteiger partial charge on any atom is -0.309 e. The molecular formula is C41H27N3. The highest BCUT2D eigenvalue weighted by atomic mass is 15.0. The first-order chi connectivity index (χ1) is 21.9. The molecule has 0 bridgehead atoms. The third kappa shape index (κ3) is 3.66. The van der Waals surface area contributed by atoms with Gasteiger partial charge in [-0.25, -0.2) is 0 Å². The molecule has 0 spiro atoms. The average Bonchev–Trinajstić information content (AvgIpc) is 3.61. The quantitative estimate of drug-likeness (QED) is 0.210. The molecule has 0 unspecified atom stereocenters. The number of aromatic nitrogens is 3. The highest BCUT2D eigenvalue weighted by Crippen LogP contribution is 2.42. The predicted octanol–water partition coefficient (Wildman–Crippen LogP) is 10.6. The van der Waals surface area contributed by atoms with Crippen molar-refractivity contribution in [3.8, 4) is 33.6 Å². The molecule has 0 aliphatic carbocycles. The van der Waals surface area contributed by atoms with Gasteiger partial charge in [-0.05, 0) is 48.0 Å². The molecule has 206 valence electrons. The zero-order chi connectivity index (χ0) is 29.0.